The minimum atomic E-state index is -0.573. The van der Waals surface area contributed by atoms with Crippen molar-refractivity contribution in [3.8, 4) is 5.75 Å². The van der Waals surface area contributed by atoms with Gasteiger partial charge in [-0.1, -0.05) is 30.3 Å². The third kappa shape index (κ3) is 4.43. The molecule has 2 aliphatic rings. The number of carbonyl (C=O) groups is 3. The number of rotatable bonds is 6. The van der Waals surface area contributed by atoms with Crippen LogP contribution in [0.25, 0.3) is 10.9 Å². The Balaban J connectivity index is 1.43. The van der Waals surface area contributed by atoms with Gasteiger partial charge in [0, 0.05) is 53.4 Å². The van der Waals surface area contributed by atoms with Crippen LogP contribution >= 0.6 is 11.6 Å². The van der Waals surface area contributed by atoms with Crippen LogP contribution in [0.2, 0.25) is 5.02 Å². The molecule has 1 atom stereocenters. The predicted octanol–water partition coefficient (Wildman–Crippen LogP) is 3.88. The molecule has 0 aliphatic carbocycles. The van der Waals surface area contributed by atoms with E-state index in [0.29, 0.717) is 48.9 Å². The first-order valence-electron chi connectivity index (χ1n) is 12.7. The quantitative estimate of drug-likeness (QED) is 0.486. The smallest absolute Gasteiger partial charge is 0.256 e. The Morgan fingerprint density at radius 2 is 1.95 bits per heavy atom. The Hall–Kier alpha value is -3.78. The second kappa shape index (κ2) is 10.2. The molecule has 198 valence electrons. The van der Waals surface area contributed by atoms with Crippen molar-refractivity contribution in [2.75, 3.05) is 26.7 Å². The zero-order valence-electron chi connectivity index (χ0n) is 21.8. The van der Waals surface area contributed by atoms with E-state index in [9.17, 15) is 14.4 Å². The molecule has 0 bridgehead atoms. The third-order valence-corrected chi connectivity index (χ3v) is 7.87. The van der Waals surface area contributed by atoms with Gasteiger partial charge in [0.1, 0.15) is 11.8 Å². The van der Waals surface area contributed by atoms with Gasteiger partial charge in [-0.2, -0.15) is 0 Å². The molecular formula is C29H31ClN4O4. The molecule has 1 unspecified atom stereocenters. The highest BCUT2D eigenvalue weighted by atomic mass is 35.5. The molecular weight excluding hydrogens is 504 g/mol. The van der Waals surface area contributed by atoms with Crippen LogP contribution in [-0.4, -0.2) is 64.9 Å². The standard InChI is InChI=1S/C29H31ClN4O4/c1-5-26(35)33-15-21(16-33)31-28(36)18(3)34-17(2)27(23-13-20(30)9-10-24(23)34)29(37)32-12-11-22-19(14-32)7-6-8-25(22)38-4/h5-10,13,18,21H,1,11-12,14-16H2,2-4H3,(H,31,36). The van der Waals surface area contributed by atoms with Crippen LogP contribution in [0, 0.1) is 6.92 Å². The van der Waals surface area contributed by atoms with Gasteiger partial charge in [0.2, 0.25) is 11.8 Å². The summed E-state index contributed by atoms with van der Waals surface area (Å²) in [4.78, 5) is 42.4. The summed E-state index contributed by atoms with van der Waals surface area (Å²) in [5, 5.41) is 4.28. The van der Waals surface area contributed by atoms with Crippen LogP contribution in [-0.2, 0) is 22.6 Å². The van der Waals surface area contributed by atoms with Crippen LogP contribution in [0.1, 0.15) is 40.1 Å². The number of halogens is 1. The summed E-state index contributed by atoms with van der Waals surface area (Å²) in [6.07, 6.45) is 1.98. The Labute approximate surface area is 226 Å². The van der Waals surface area contributed by atoms with E-state index in [1.807, 2.05) is 47.6 Å². The first-order chi connectivity index (χ1) is 18.2. The van der Waals surface area contributed by atoms with E-state index in [0.717, 1.165) is 27.8 Å². The molecule has 1 fully saturated rings. The zero-order valence-corrected chi connectivity index (χ0v) is 22.5. The van der Waals surface area contributed by atoms with Crippen molar-refractivity contribution in [1.82, 2.24) is 19.7 Å². The summed E-state index contributed by atoms with van der Waals surface area (Å²) in [5.74, 6) is 0.438. The van der Waals surface area contributed by atoms with E-state index < -0.39 is 6.04 Å². The number of hydrogen-bond donors (Lipinski definition) is 1. The Morgan fingerprint density at radius 3 is 2.66 bits per heavy atom. The van der Waals surface area contributed by atoms with Crippen molar-refractivity contribution in [1.29, 1.82) is 0 Å². The van der Waals surface area contributed by atoms with Crippen molar-refractivity contribution in [3.05, 3.63) is 76.5 Å². The molecule has 1 saturated heterocycles. The van der Waals surface area contributed by atoms with Gasteiger partial charge in [-0.3, -0.25) is 14.4 Å². The van der Waals surface area contributed by atoms with E-state index in [4.69, 9.17) is 16.3 Å². The number of hydrogen-bond acceptors (Lipinski definition) is 4. The lowest BCUT2D eigenvalue weighted by Gasteiger charge is -2.39. The number of likely N-dealkylation sites (tertiary alicyclic amines) is 1. The van der Waals surface area contributed by atoms with Gasteiger partial charge in [0.05, 0.1) is 18.7 Å². The molecule has 2 aliphatic heterocycles. The largest absolute Gasteiger partial charge is 0.496 e. The summed E-state index contributed by atoms with van der Waals surface area (Å²) in [7, 11) is 1.66. The molecule has 8 nitrogen and oxygen atoms in total. The fraction of sp³-hybridized carbons (Fsp3) is 0.345. The molecule has 3 amide bonds. The molecule has 0 spiro atoms. The van der Waals surface area contributed by atoms with Gasteiger partial charge < -0.3 is 24.4 Å². The number of benzene rings is 2. The molecule has 1 aromatic heterocycles. The van der Waals surface area contributed by atoms with Crippen molar-refractivity contribution >= 4 is 40.2 Å². The topological polar surface area (TPSA) is 83.9 Å². The van der Waals surface area contributed by atoms with Gasteiger partial charge in [-0.15, -0.1) is 0 Å². The fourth-order valence-electron chi connectivity index (χ4n) is 5.60. The summed E-state index contributed by atoms with van der Waals surface area (Å²) in [6.45, 7) is 9.15. The Kier molecular flexibility index (Phi) is 6.92. The van der Waals surface area contributed by atoms with Gasteiger partial charge in [0.25, 0.3) is 5.91 Å². The maximum absolute atomic E-state index is 14.0. The lowest BCUT2D eigenvalue weighted by molar-refractivity contribution is -0.134. The van der Waals surface area contributed by atoms with Crippen molar-refractivity contribution in [2.24, 2.45) is 0 Å². The number of ether oxygens (including phenoxy) is 1. The molecule has 0 saturated carbocycles. The predicted molar refractivity (Wildman–Crippen MR) is 147 cm³/mol. The molecule has 0 radical (unpaired) electrons. The molecule has 5 rings (SSSR count). The minimum Gasteiger partial charge on any atom is -0.496 e. The Morgan fingerprint density at radius 1 is 1.18 bits per heavy atom. The summed E-state index contributed by atoms with van der Waals surface area (Å²) in [6, 6.07) is 10.7. The Bertz CT molecular complexity index is 1460. The van der Waals surface area contributed by atoms with Crippen LogP contribution in [0.4, 0.5) is 0 Å². The maximum atomic E-state index is 14.0. The van der Waals surface area contributed by atoms with Gasteiger partial charge in [-0.05, 0) is 56.2 Å². The highest BCUT2D eigenvalue weighted by molar-refractivity contribution is 6.31. The maximum Gasteiger partial charge on any atom is 0.256 e. The normalized spacial score (nSPS) is 16.0. The number of aromatic nitrogens is 1. The number of nitrogens with zero attached hydrogens (tertiary/aromatic N) is 3. The molecule has 3 heterocycles. The summed E-state index contributed by atoms with van der Waals surface area (Å²) >= 11 is 6.37. The number of carbonyl (C=O) groups excluding carboxylic acids is 3. The number of nitrogens with one attached hydrogen (secondary N) is 1. The average molecular weight is 535 g/mol. The van der Waals surface area contributed by atoms with Crippen LogP contribution in [0.15, 0.2) is 49.1 Å². The van der Waals surface area contributed by atoms with Crippen molar-refractivity contribution < 1.29 is 19.1 Å². The van der Waals surface area contributed by atoms with E-state index in [1.54, 1.807) is 24.1 Å². The molecule has 2 aromatic carbocycles. The third-order valence-electron chi connectivity index (χ3n) is 7.64. The number of methoxy groups -OCH3 is 1. The summed E-state index contributed by atoms with van der Waals surface area (Å²) < 4.78 is 7.42. The first kappa shape index (κ1) is 25.9. The van der Waals surface area contributed by atoms with E-state index in [-0.39, 0.29) is 23.8 Å². The lowest BCUT2D eigenvalue weighted by atomic mass is 9.97. The van der Waals surface area contributed by atoms with E-state index in [1.165, 1.54) is 6.08 Å². The van der Waals surface area contributed by atoms with Crippen LogP contribution in [0.3, 0.4) is 0 Å². The van der Waals surface area contributed by atoms with Gasteiger partial charge in [-0.25, -0.2) is 0 Å². The number of amides is 3. The van der Waals surface area contributed by atoms with Gasteiger partial charge in [0.15, 0.2) is 0 Å². The monoisotopic (exact) mass is 534 g/mol. The summed E-state index contributed by atoms with van der Waals surface area (Å²) in [5.41, 5.74) is 4.24. The highest BCUT2D eigenvalue weighted by Crippen LogP contribution is 2.34. The van der Waals surface area contributed by atoms with Crippen LogP contribution in [0.5, 0.6) is 5.75 Å². The van der Waals surface area contributed by atoms with Crippen LogP contribution < -0.4 is 10.1 Å². The van der Waals surface area contributed by atoms with Crippen molar-refractivity contribution in [3.63, 3.8) is 0 Å². The van der Waals surface area contributed by atoms with E-state index in [2.05, 4.69) is 11.9 Å². The fourth-order valence-corrected chi connectivity index (χ4v) is 5.77. The minimum absolute atomic E-state index is 0.0906. The second-order valence-electron chi connectivity index (χ2n) is 9.90. The lowest BCUT2D eigenvalue weighted by Crippen LogP contribution is -2.61. The second-order valence-corrected chi connectivity index (χ2v) is 10.3. The van der Waals surface area contributed by atoms with Crippen molar-refractivity contribution in [2.45, 2.75) is 38.9 Å². The highest BCUT2D eigenvalue weighted by Gasteiger charge is 2.34. The zero-order chi connectivity index (χ0) is 27.1. The molecule has 1 N–H and O–H groups in total. The average Bonchev–Trinajstić information content (AvgIpc) is 3.18. The molecule has 9 heteroatoms. The molecule has 38 heavy (non-hydrogen) atoms. The molecule has 3 aromatic rings. The van der Waals surface area contributed by atoms with Gasteiger partial charge >= 0.3 is 0 Å². The SMILES string of the molecule is C=CC(=O)N1CC(NC(=O)C(C)n2c(C)c(C(=O)N3CCc4c(cccc4OC)C3)c3cc(Cl)ccc32)C1. The van der Waals surface area contributed by atoms with E-state index >= 15 is 0 Å². The number of fused-ring (bicyclic) bond motifs is 2. The first-order valence-corrected chi connectivity index (χ1v) is 13.1.